The summed E-state index contributed by atoms with van der Waals surface area (Å²) in [7, 11) is 3.05. The summed E-state index contributed by atoms with van der Waals surface area (Å²) < 4.78 is 16.5. The predicted octanol–water partition coefficient (Wildman–Crippen LogP) is 2.94. The van der Waals surface area contributed by atoms with Crippen LogP contribution in [0.1, 0.15) is 48.0 Å². The van der Waals surface area contributed by atoms with Crippen LogP contribution in [0.4, 0.5) is 0 Å². The van der Waals surface area contributed by atoms with Crippen molar-refractivity contribution >= 4 is 5.91 Å². The lowest BCUT2D eigenvalue weighted by Crippen LogP contribution is -2.18. The van der Waals surface area contributed by atoms with Gasteiger partial charge in [0.25, 0.3) is 0 Å². The standard InChI is InChI=1S/C19H25NO4/c1-4-10-24-18-16(22-2)12-15(19(20)21)14(17(18)23-3)11-13-8-6-5-7-9-13/h1,12-13H,5-11H2,2-3H3,(H2,20,21). The number of primary amides is 1. The van der Waals surface area contributed by atoms with E-state index in [1.54, 1.807) is 13.2 Å². The van der Waals surface area contributed by atoms with Crippen molar-refractivity contribution in [1.82, 2.24) is 0 Å². The van der Waals surface area contributed by atoms with Crippen LogP contribution in [0.15, 0.2) is 6.07 Å². The summed E-state index contributed by atoms with van der Waals surface area (Å²) in [4.78, 5) is 12.0. The van der Waals surface area contributed by atoms with E-state index in [9.17, 15) is 4.79 Å². The molecule has 1 fully saturated rings. The lowest BCUT2D eigenvalue weighted by molar-refractivity contribution is 0.0998. The Morgan fingerprint density at radius 2 is 1.96 bits per heavy atom. The van der Waals surface area contributed by atoms with Gasteiger partial charge in [-0.25, -0.2) is 0 Å². The average Bonchev–Trinajstić information content (AvgIpc) is 2.60. The molecule has 0 spiro atoms. The summed E-state index contributed by atoms with van der Waals surface area (Å²) in [5.41, 5.74) is 6.79. The van der Waals surface area contributed by atoms with Gasteiger partial charge in [0.15, 0.2) is 11.5 Å². The van der Waals surface area contributed by atoms with Gasteiger partial charge in [0, 0.05) is 11.1 Å². The molecular weight excluding hydrogens is 306 g/mol. The first kappa shape index (κ1) is 18.0. The van der Waals surface area contributed by atoms with E-state index in [0.717, 1.165) is 24.8 Å². The van der Waals surface area contributed by atoms with E-state index in [1.807, 2.05) is 0 Å². The second-order valence-corrected chi connectivity index (χ2v) is 6.03. The maximum Gasteiger partial charge on any atom is 0.249 e. The van der Waals surface area contributed by atoms with Crippen molar-refractivity contribution in [1.29, 1.82) is 0 Å². The molecule has 1 amide bonds. The first-order valence-corrected chi connectivity index (χ1v) is 8.26. The summed E-state index contributed by atoms with van der Waals surface area (Å²) in [5.74, 6) is 3.75. The van der Waals surface area contributed by atoms with Crippen molar-refractivity contribution < 1.29 is 19.0 Å². The van der Waals surface area contributed by atoms with Crippen molar-refractivity contribution in [3.05, 3.63) is 17.2 Å². The summed E-state index contributed by atoms with van der Waals surface area (Å²) in [5, 5.41) is 0. The van der Waals surface area contributed by atoms with Gasteiger partial charge in [-0.3, -0.25) is 4.79 Å². The van der Waals surface area contributed by atoms with Crippen LogP contribution in [0, 0.1) is 18.3 Å². The molecule has 0 saturated heterocycles. The number of amides is 1. The van der Waals surface area contributed by atoms with Crippen LogP contribution in [0.25, 0.3) is 0 Å². The van der Waals surface area contributed by atoms with Gasteiger partial charge in [0.05, 0.1) is 14.2 Å². The third-order valence-electron chi connectivity index (χ3n) is 4.51. The molecule has 1 saturated carbocycles. The quantitative estimate of drug-likeness (QED) is 0.780. The molecular formula is C19H25NO4. The fourth-order valence-corrected chi connectivity index (χ4v) is 3.38. The maximum atomic E-state index is 12.0. The summed E-state index contributed by atoms with van der Waals surface area (Å²) in [6.07, 6.45) is 12.0. The van der Waals surface area contributed by atoms with Crippen molar-refractivity contribution in [3.63, 3.8) is 0 Å². The van der Waals surface area contributed by atoms with Crippen LogP contribution in [0.5, 0.6) is 17.2 Å². The highest BCUT2D eigenvalue weighted by atomic mass is 16.5. The van der Waals surface area contributed by atoms with Crippen molar-refractivity contribution in [2.45, 2.75) is 38.5 Å². The summed E-state index contributed by atoms with van der Waals surface area (Å²) >= 11 is 0. The molecule has 5 nitrogen and oxygen atoms in total. The molecule has 0 radical (unpaired) electrons. The molecule has 0 atom stereocenters. The number of methoxy groups -OCH3 is 2. The third kappa shape index (κ3) is 3.94. The molecule has 1 aromatic rings. The molecule has 2 rings (SSSR count). The number of ether oxygens (including phenoxy) is 3. The van der Waals surface area contributed by atoms with Gasteiger partial charge >= 0.3 is 0 Å². The van der Waals surface area contributed by atoms with Gasteiger partial charge in [0.1, 0.15) is 6.61 Å². The molecule has 0 heterocycles. The van der Waals surface area contributed by atoms with Gasteiger partial charge in [-0.1, -0.05) is 38.0 Å². The molecule has 1 aliphatic rings. The molecule has 1 aromatic carbocycles. The maximum absolute atomic E-state index is 12.0. The number of benzene rings is 1. The number of terminal acetylenes is 1. The number of rotatable bonds is 7. The SMILES string of the molecule is C#CCOc1c(OC)cc(C(N)=O)c(CC2CCCCC2)c1OC. The lowest BCUT2D eigenvalue weighted by Gasteiger charge is -2.25. The lowest BCUT2D eigenvalue weighted by atomic mass is 9.83. The Kier molecular flexibility index (Phi) is 6.36. The monoisotopic (exact) mass is 331 g/mol. The molecule has 0 aliphatic heterocycles. The van der Waals surface area contributed by atoms with E-state index in [-0.39, 0.29) is 6.61 Å². The van der Waals surface area contributed by atoms with Crippen LogP contribution < -0.4 is 19.9 Å². The van der Waals surface area contributed by atoms with Crippen LogP contribution in [-0.2, 0) is 6.42 Å². The highest BCUT2D eigenvalue weighted by Gasteiger charge is 2.26. The molecule has 0 bridgehead atoms. The number of hydrogen-bond donors (Lipinski definition) is 1. The van der Waals surface area contributed by atoms with Crippen LogP contribution >= 0.6 is 0 Å². The van der Waals surface area contributed by atoms with Gasteiger partial charge in [-0.15, -0.1) is 6.42 Å². The van der Waals surface area contributed by atoms with Crippen LogP contribution in [-0.4, -0.2) is 26.7 Å². The van der Waals surface area contributed by atoms with E-state index in [4.69, 9.17) is 26.4 Å². The zero-order chi connectivity index (χ0) is 17.5. The summed E-state index contributed by atoms with van der Waals surface area (Å²) in [6.45, 7) is 0.0888. The first-order valence-electron chi connectivity index (χ1n) is 8.26. The van der Waals surface area contributed by atoms with E-state index in [0.29, 0.717) is 28.7 Å². The van der Waals surface area contributed by atoms with Gasteiger partial charge in [-0.05, 0) is 18.4 Å². The predicted molar refractivity (Wildman–Crippen MR) is 92.7 cm³/mol. The van der Waals surface area contributed by atoms with E-state index >= 15 is 0 Å². The van der Waals surface area contributed by atoms with E-state index in [2.05, 4.69) is 5.92 Å². The fourth-order valence-electron chi connectivity index (χ4n) is 3.38. The number of nitrogens with two attached hydrogens (primary N) is 1. The van der Waals surface area contributed by atoms with Crippen molar-refractivity contribution in [2.24, 2.45) is 11.7 Å². The van der Waals surface area contributed by atoms with E-state index in [1.165, 1.54) is 26.4 Å². The Morgan fingerprint density at radius 1 is 1.25 bits per heavy atom. The van der Waals surface area contributed by atoms with Crippen LogP contribution in [0.2, 0.25) is 0 Å². The molecule has 0 unspecified atom stereocenters. The first-order chi connectivity index (χ1) is 11.6. The Labute approximate surface area is 143 Å². The van der Waals surface area contributed by atoms with Crippen LogP contribution in [0.3, 0.4) is 0 Å². The minimum atomic E-state index is -0.499. The normalized spacial score (nSPS) is 14.7. The zero-order valence-corrected chi connectivity index (χ0v) is 14.4. The fraction of sp³-hybridized carbons (Fsp3) is 0.526. The third-order valence-corrected chi connectivity index (χ3v) is 4.51. The minimum absolute atomic E-state index is 0.0888. The van der Waals surface area contributed by atoms with Crippen molar-refractivity contribution in [3.8, 4) is 29.6 Å². The average molecular weight is 331 g/mol. The Morgan fingerprint density at radius 3 is 2.50 bits per heavy atom. The Bertz CT molecular complexity index is 627. The zero-order valence-electron chi connectivity index (χ0n) is 14.4. The number of carbonyl (C=O) groups is 1. The molecule has 24 heavy (non-hydrogen) atoms. The molecule has 5 heteroatoms. The van der Waals surface area contributed by atoms with Gasteiger partial charge in [0.2, 0.25) is 11.7 Å². The minimum Gasteiger partial charge on any atom is -0.493 e. The van der Waals surface area contributed by atoms with E-state index < -0.39 is 5.91 Å². The second-order valence-electron chi connectivity index (χ2n) is 6.03. The van der Waals surface area contributed by atoms with Crippen molar-refractivity contribution in [2.75, 3.05) is 20.8 Å². The summed E-state index contributed by atoms with van der Waals surface area (Å²) in [6, 6.07) is 1.62. The number of hydrogen-bond acceptors (Lipinski definition) is 4. The van der Waals surface area contributed by atoms with Gasteiger partial charge < -0.3 is 19.9 Å². The Hall–Kier alpha value is -2.35. The Balaban J connectivity index is 2.50. The highest BCUT2D eigenvalue weighted by molar-refractivity contribution is 5.96. The highest BCUT2D eigenvalue weighted by Crippen LogP contribution is 2.44. The smallest absolute Gasteiger partial charge is 0.249 e. The molecule has 1 aliphatic carbocycles. The largest absolute Gasteiger partial charge is 0.493 e. The molecule has 130 valence electrons. The molecule has 2 N–H and O–H groups in total. The number of carbonyl (C=O) groups excluding carboxylic acids is 1. The van der Waals surface area contributed by atoms with Gasteiger partial charge in [-0.2, -0.15) is 0 Å². The second kappa shape index (κ2) is 8.49. The topological polar surface area (TPSA) is 70.8 Å². The molecule has 0 aromatic heterocycles.